The van der Waals surface area contributed by atoms with Crippen LogP contribution in [0.1, 0.15) is 22.3 Å². The average Bonchev–Trinajstić information content (AvgIpc) is 3.11. The second-order valence-electron chi connectivity index (χ2n) is 9.76. The molecule has 1 fully saturated rings. The molecule has 0 aromatic heterocycles. The first-order chi connectivity index (χ1) is 16.7. The van der Waals surface area contributed by atoms with E-state index in [0.29, 0.717) is 31.7 Å². The Hall–Kier alpha value is -3.06. The number of nitrogens with zero attached hydrogens (tertiary/aromatic N) is 2. The monoisotopic (exact) mass is 484 g/mol. The molecule has 2 aliphatic rings. The number of rotatable bonds is 6. The largest absolute Gasteiger partial charge is 0.416 e. The number of aliphatic hydroxyl groups is 1. The van der Waals surface area contributed by atoms with Crippen LogP contribution in [-0.2, 0) is 11.8 Å². The van der Waals surface area contributed by atoms with Gasteiger partial charge in [-0.3, -0.25) is 0 Å². The van der Waals surface area contributed by atoms with Crippen LogP contribution in [0.4, 0.5) is 28.9 Å². The van der Waals surface area contributed by atoms with E-state index in [1.165, 1.54) is 0 Å². The second kappa shape index (κ2) is 8.86. The molecular weight excluding hydrogens is 456 g/mol. The molecule has 3 nitrogen and oxygen atoms in total. The lowest BCUT2D eigenvalue weighted by Crippen LogP contribution is -2.48. The molecule has 7 heteroatoms. The fourth-order valence-corrected chi connectivity index (χ4v) is 5.42. The number of aryl methyl sites for hydroxylation is 1. The highest BCUT2D eigenvalue weighted by molar-refractivity contribution is 5.67. The van der Waals surface area contributed by atoms with Crippen LogP contribution in [0.5, 0.6) is 0 Å². The van der Waals surface area contributed by atoms with Gasteiger partial charge in [0.05, 0.1) is 19.6 Å². The van der Waals surface area contributed by atoms with Crippen molar-refractivity contribution >= 4 is 11.4 Å². The lowest BCUT2D eigenvalue weighted by Gasteiger charge is -2.37. The van der Waals surface area contributed by atoms with Gasteiger partial charge in [-0.1, -0.05) is 60.2 Å². The van der Waals surface area contributed by atoms with Gasteiger partial charge in [-0.25, -0.2) is 4.39 Å². The summed E-state index contributed by atoms with van der Waals surface area (Å²) in [6.45, 7) is 2.53. The molecule has 0 spiro atoms. The molecular formula is C28H28F4N2O. The van der Waals surface area contributed by atoms with Crippen molar-refractivity contribution in [1.29, 1.82) is 0 Å². The number of hydrogen-bond acceptors (Lipinski definition) is 3. The summed E-state index contributed by atoms with van der Waals surface area (Å²) in [5.74, 6) is 0. The van der Waals surface area contributed by atoms with Gasteiger partial charge < -0.3 is 14.9 Å². The van der Waals surface area contributed by atoms with Gasteiger partial charge in [-0.15, -0.1) is 0 Å². The second-order valence-corrected chi connectivity index (χ2v) is 9.76. The van der Waals surface area contributed by atoms with Gasteiger partial charge in [0.25, 0.3) is 0 Å². The third-order valence-electron chi connectivity index (χ3n) is 7.18. The summed E-state index contributed by atoms with van der Waals surface area (Å²) in [4.78, 5) is 3.64. The number of para-hydroxylation sites is 1. The van der Waals surface area contributed by atoms with E-state index in [0.717, 1.165) is 27.9 Å². The molecule has 0 radical (unpaired) electrons. The van der Waals surface area contributed by atoms with Crippen molar-refractivity contribution < 1.29 is 22.7 Å². The van der Waals surface area contributed by atoms with Crippen molar-refractivity contribution in [2.24, 2.45) is 0 Å². The lowest BCUT2D eigenvalue weighted by atomic mass is 9.71. The van der Waals surface area contributed by atoms with Crippen LogP contribution >= 0.6 is 0 Å². The lowest BCUT2D eigenvalue weighted by molar-refractivity contribution is -0.200. The molecule has 3 aromatic carbocycles. The van der Waals surface area contributed by atoms with Crippen LogP contribution < -0.4 is 9.80 Å². The first kappa shape index (κ1) is 23.7. The Bertz CT molecular complexity index is 1210. The van der Waals surface area contributed by atoms with Crippen molar-refractivity contribution in [3.63, 3.8) is 0 Å². The molecule has 184 valence electrons. The molecule has 2 aliphatic heterocycles. The van der Waals surface area contributed by atoms with Crippen molar-refractivity contribution in [2.75, 3.05) is 36.0 Å². The summed E-state index contributed by atoms with van der Waals surface area (Å²) in [6, 6.07) is 23.6. The van der Waals surface area contributed by atoms with Crippen LogP contribution in [0, 0.1) is 6.92 Å². The Balaban J connectivity index is 1.57. The van der Waals surface area contributed by atoms with Crippen LogP contribution in [0.25, 0.3) is 0 Å². The number of anilines is 2. The van der Waals surface area contributed by atoms with E-state index < -0.39 is 30.4 Å². The number of hydrogen-bond donors (Lipinski definition) is 1. The fourth-order valence-electron chi connectivity index (χ4n) is 5.42. The Morgan fingerprint density at radius 1 is 1.00 bits per heavy atom. The molecule has 0 saturated carbocycles. The van der Waals surface area contributed by atoms with Crippen LogP contribution in [0.2, 0.25) is 0 Å². The minimum atomic E-state index is -4.69. The van der Waals surface area contributed by atoms with Gasteiger partial charge in [0.1, 0.15) is 6.17 Å². The van der Waals surface area contributed by atoms with Gasteiger partial charge in [0, 0.05) is 23.3 Å². The molecule has 3 aromatic rings. The Kier molecular flexibility index (Phi) is 5.99. The summed E-state index contributed by atoms with van der Waals surface area (Å²) >= 11 is 0. The first-order valence-corrected chi connectivity index (χ1v) is 11.8. The number of aliphatic hydroxyl groups excluding tert-OH is 1. The van der Waals surface area contributed by atoms with Crippen LogP contribution in [0.15, 0.2) is 72.8 Å². The molecule has 1 unspecified atom stereocenters. The Labute approximate surface area is 202 Å². The summed E-state index contributed by atoms with van der Waals surface area (Å²) < 4.78 is 53.3. The SMILES string of the molecule is Cc1cccc(C2(Cc3cccc(N4CC(F)C4)c3)CN(C[C@@H](O)C(F)(F)F)c3ccccc32)c1. The van der Waals surface area contributed by atoms with E-state index in [-0.39, 0.29) is 0 Å². The van der Waals surface area contributed by atoms with Gasteiger partial charge in [-0.05, 0) is 48.2 Å². The zero-order chi connectivity index (χ0) is 24.8. The number of alkyl halides is 4. The third kappa shape index (κ3) is 4.49. The van der Waals surface area contributed by atoms with E-state index >= 15 is 0 Å². The Morgan fingerprint density at radius 3 is 2.46 bits per heavy atom. The number of benzene rings is 3. The fraction of sp³-hybridized carbons (Fsp3) is 0.357. The van der Waals surface area contributed by atoms with Gasteiger partial charge in [0.2, 0.25) is 0 Å². The summed E-state index contributed by atoms with van der Waals surface area (Å²) in [5.41, 5.74) is 5.10. The predicted octanol–water partition coefficient (Wildman–Crippen LogP) is 5.43. The maximum atomic E-state index is 13.5. The van der Waals surface area contributed by atoms with Crippen molar-refractivity contribution in [1.82, 2.24) is 0 Å². The van der Waals surface area contributed by atoms with E-state index in [1.807, 2.05) is 72.5 Å². The molecule has 35 heavy (non-hydrogen) atoms. The van der Waals surface area contributed by atoms with Crippen molar-refractivity contribution in [2.45, 2.75) is 37.2 Å². The van der Waals surface area contributed by atoms with Gasteiger partial charge >= 0.3 is 6.18 Å². The van der Waals surface area contributed by atoms with Crippen LogP contribution in [-0.4, -0.2) is 49.7 Å². The molecule has 1 saturated heterocycles. The maximum absolute atomic E-state index is 13.5. The molecule has 5 rings (SSSR count). The summed E-state index contributed by atoms with van der Waals surface area (Å²) in [7, 11) is 0. The minimum Gasteiger partial charge on any atom is -0.382 e. The van der Waals surface area contributed by atoms with E-state index in [2.05, 4.69) is 12.1 Å². The molecule has 0 aliphatic carbocycles. The van der Waals surface area contributed by atoms with Gasteiger partial charge in [0.15, 0.2) is 6.10 Å². The quantitative estimate of drug-likeness (QED) is 0.473. The van der Waals surface area contributed by atoms with Crippen molar-refractivity contribution in [3.8, 4) is 0 Å². The first-order valence-electron chi connectivity index (χ1n) is 11.8. The molecule has 2 heterocycles. The maximum Gasteiger partial charge on any atom is 0.416 e. The summed E-state index contributed by atoms with van der Waals surface area (Å²) in [6.07, 6.45) is -7.38. The van der Waals surface area contributed by atoms with Crippen LogP contribution in [0.3, 0.4) is 0 Å². The molecule has 0 bridgehead atoms. The van der Waals surface area contributed by atoms with E-state index in [9.17, 15) is 22.7 Å². The smallest absolute Gasteiger partial charge is 0.382 e. The minimum absolute atomic E-state index is 0.309. The average molecular weight is 485 g/mol. The number of fused-ring (bicyclic) bond motifs is 1. The third-order valence-corrected chi connectivity index (χ3v) is 7.18. The zero-order valence-electron chi connectivity index (χ0n) is 19.5. The zero-order valence-corrected chi connectivity index (χ0v) is 19.5. The summed E-state index contributed by atoms with van der Waals surface area (Å²) in [5, 5.41) is 9.90. The Morgan fingerprint density at radius 2 is 1.74 bits per heavy atom. The van der Waals surface area contributed by atoms with E-state index in [1.54, 1.807) is 4.90 Å². The highest BCUT2D eigenvalue weighted by Crippen LogP contribution is 2.48. The highest BCUT2D eigenvalue weighted by atomic mass is 19.4. The molecule has 0 amide bonds. The number of halogens is 4. The normalized spacial score (nSPS) is 21.1. The van der Waals surface area contributed by atoms with Crippen molar-refractivity contribution in [3.05, 3.63) is 95.1 Å². The highest BCUT2D eigenvalue weighted by Gasteiger charge is 2.47. The predicted molar refractivity (Wildman–Crippen MR) is 130 cm³/mol. The van der Waals surface area contributed by atoms with Gasteiger partial charge in [-0.2, -0.15) is 13.2 Å². The molecule has 2 atom stereocenters. The molecule has 1 N–H and O–H groups in total. The topological polar surface area (TPSA) is 26.7 Å². The van der Waals surface area contributed by atoms with E-state index in [4.69, 9.17) is 0 Å². The number of β-amino-alcohol motifs (C(OH)–C–C–N with tert-alkyl or cyclic N) is 1. The standard InChI is InChI=1S/C28H28F4N2O/c1-19-6-4-8-21(12-19)27(14-20-7-5-9-23(13-20)33-15-22(29)16-33)18-34(17-26(35)28(30,31)32)25-11-3-2-10-24(25)27/h2-13,22,26,35H,14-18H2,1H3/t26-,27?/m1/s1.